The fraction of sp³-hybridized carbons (Fsp3) is 0.529. The minimum atomic E-state index is 0.173. The van der Waals surface area contributed by atoms with E-state index in [4.69, 9.17) is 4.98 Å². The van der Waals surface area contributed by atoms with E-state index >= 15 is 0 Å². The van der Waals surface area contributed by atoms with Crippen LogP contribution in [0.5, 0.6) is 0 Å². The fourth-order valence-corrected chi connectivity index (χ4v) is 3.16. The van der Waals surface area contributed by atoms with E-state index in [-0.39, 0.29) is 5.91 Å². The molecule has 0 aliphatic carbocycles. The Balaban J connectivity index is 1.73. The van der Waals surface area contributed by atoms with Gasteiger partial charge in [0.1, 0.15) is 11.5 Å². The van der Waals surface area contributed by atoms with Crippen molar-refractivity contribution in [1.29, 1.82) is 0 Å². The summed E-state index contributed by atoms with van der Waals surface area (Å²) in [6.07, 6.45) is 6.61. The van der Waals surface area contributed by atoms with Crippen molar-refractivity contribution in [2.24, 2.45) is 13.0 Å². The van der Waals surface area contributed by atoms with Gasteiger partial charge in [0.05, 0.1) is 0 Å². The van der Waals surface area contributed by atoms with Crippen LogP contribution in [0.2, 0.25) is 0 Å². The Kier molecular flexibility index (Phi) is 4.41. The van der Waals surface area contributed by atoms with Crippen LogP contribution in [0.3, 0.4) is 0 Å². The molecule has 2 aromatic heterocycles. The third-order valence-electron chi connectivity index (χ3n) is 4.48. The summed E-state index contributed by atoms with van der Waals surface area (Å²) in [4.78, 5) is 27.0. The first-order valence-corrected chi connectivity index (χ1v) is 8.10. The maximum Gasteiger partial charge on any atom is 0.219 e. The molecule has 1 fully saturated rings. The fourth-order valence-electron chi connectivity index (χ4n) is 3.16. The van der Waals surface area contributed by atoms with Gasteiger partial charge in [0.25, 0.3) is 0 Å². The van der Waals surface area contributed by atoms with E-state index in [0.29, 0.717) is 5.92 Å². The van der Waals surface area contributed by atoms with Gasteiger partial charge in [-0.1, -0.05) is 0 Å². The minimum absolute atomic E-state index is 0.173. The van der Waals surface area contributed by atoms with Crippen LogP contribution in [0.15, 0.2) is 18.5 Å². The summed E-state index contributed by atoms with van der Waals surface area (Å²) in [5.41, 5.74) is 1.84. The van der Waals surface area contributed by atoms with Crippen molar-refractivity contribution in [3.8, 4) is 11.5 Å². The number of amides is 1. The van der Waals surface area contributed by atoms with E-state index in [1.54, 1.807) is 13.1 Å². The van der Waals surface area contributed by atoms with Gasteiger partial charge in [-0.05, 0) is 31.7 Å². The van der Waals surface area contributed by atoms with Crippen molar-refractivity contribution in [3.05, 3.63) is 30.0 Å². The monoisotopic (exact) mass is 313 g/mol. The first-order valence-electron chi connectivity index (χ1n) is 8.10. The predicted molar refractivity (Wildman–Crippen MR) is 87.7 cm³/mol. The number of nitrogens with zero attached hydrogens (tertiary/aromatic N) is 5. The molecule has 0 radical (unpaired) electrons. The lowest BCUT2D eigenvalue weighted by molar-refractivity contribution is -0.130. The molecule has 1 saturated heterocycles. The molecular weight excluding hydrogens is 290 g/mol. The molecule has 6 nitrogen and oxygen atoms in total. The number of imidazole rings is 1. The average molecular weight is 313 g/mol. The Morgan fingerprint density at radius 1 is 1.30 bits per heavy atom. The number of hydrogen-bond acceptors (Lipinski definition) is 4. The number of hydrogen-bond donors (Lipinski definition) is 0. The molecule has 0 spiro atoms. The van der Waals surface area contributed by atoms with Crippen LogP contribution in [0.1, 0.15) is 31.3 Å². The molecular formula is C17H23N5O. The minimum Gasteiger partial charge on any atom is -0.343 e. The van der Waals surface area contributed by atoms with Gasteiger partial charge in [0, 0.05) is 51.6 Å². The predicted octanol–water partition coefficient (Wildman–Crippen LogP) is 1.99. The zero-order valence-electron chi connectivity index (χ0n) is 14.0. The highest BCUT2D eigenvalue weighted by Gasteiger charge is 2.22. The molecule has 0 unspecified atom stereocenters. The second kappa shape index (κ2) is 6.48. The first kappa shape index (κ1) is 15.6. The molecule has 122 valence electrons. The van der Waals surface area contributed by atoms with Gasteiger partial charge in [-0.2, -0.15) is 0 Å². The van der Waals surface area contributed by atoms with Crippen LogP contribution in [0.4, 0.5) is 0 Å². The van der Waals surface area contributed by atoms with Gasteiger partial charge in [0.2, 0.25) is 5.91 Å². The maximum absolute atomic E-state index is 11.4. The van der Waals surface area contributed by atoms with Gasteiger partial charge >= 0.3 is 0 Å². The molecule has 1 aliphatic rings. The third-order valence-corrected chi connectivity index (χ3v) is 4.48. The lowest BCUT2D eigenvalue weighted by Crippen LogP contribution is -2.37. The Morgan fingerprint density at radius 3 is 2.65 bits per heavy atom. The highest BCUT2D eigenvalue weighted by molar-refractivity contribution is 5.73. The first-order chi connectivity index (χ1) is 11.0. The van der Waals surface area contributed by atoms with Gasteiger partial charge in [-0.15, -0.1) is 0 Å². The molecule has 1 amide bonds. The number of rotatable bonds is 3. The second-order valence-corrected chi connectivity index (χ2v) is 6.33. The summed E-state index contributed by atoms with van der Waals surface area (Å²) in [5, 5.41) is 0. The Hall–Kier alpha value is -2.24. The van der Waals surface area contributed by atoms with Gasteiger partial charge in [-0.25, -0.2) is 15.0 Å². The van der Waals surface area contributed by atoms with E-state index < -0.39 is 0 Å². The summed E-state index contributed by atoms with van der Waals surface area (Å²) in [7, 11) is 1.97. The van der Waals surface area contributed by atoms with Crippen molar-refractivity contribution in [1.82, 2.24) is 24.4 Å². The smallest absolute Gasteiger partial charge is 0.219 e. The topological polar surface area (TPSA) is 63.9 Å². The van der Waals surface area contributed by atoms with Crippen molar-refractivity contribution >= 4 is 5.91 Å². The van der Waals surface area contributed by atoms with E-state index in [2.05, 4.69) is 9.97 Å². The standard InChI is InChI=1S/C17H23N5O/c1-12-10-15(17-18-6-9-21(17)3)20-16(19-12)11-14-4-7-22(8-5-14)13(2)23/h6,9-10,14H,4-5,7-8,11H2,1-3H3. The average Bonchev–Trinajstić information content (AvgIpc) is 2.93. The number of carbonyl (C=O) groups excluding carboxylic acids is 1. The number of likely N-dealkylation sites (tertiary alicyclic amines) is 1. The molecule has 6 heteroatoms. The number of carbonyl (C=O) groups is 1. The summed E-state index contributed by atoms with van der Waals surface area (Å²) < 4.78 is 1.97. The largest absolute Gasteiger partial charge is 0.343 e. The second-order valence-electron chi connectivity index (χ2n) is 6.33. The SMILES string of the molecule is CC(=O)N1CCC(Cc2nc(C)cc(-c3nccn3C)n2)CC1. The van der Waals surface area contributed by atoms with E-state index in [9.17, 15) is 4.79 Å². The molecule has 0 saturated carbocycles. The van der Waals surface area contributed by atoms with Crippen LogP contribution < -0.4 is 0 Å². The third kappa shape index (κ3) is 3.57. The quantitative estimate of drug-likeness (QED) is 0.869. The van der Waals surface area contributed by atoms with Crippen LogP contribution in [-0.4, -0.2) is 43.4 Å². The highest BCUT2D eigenvalue weighted by Crippen LogP contribution is 2.22. The van der Waals surface area contributed by atoms with Crippen molar-refractivity contribution in [2.75, 3.05) is 13.1 Å². The number of aromatic nitrogens is 4. The van der Waals surface area contributed by atoms with Crippen molar-refractivity contribution in [3.63, 3.8) is 0 Å². The number of aryl methyl sites for hydroxylation is 2. The summed E-state index contributed by atoms with van der Waals surface area (Å²) >= 11 is 0. The van der Waals surface area contributed by atoms with Gasteiger partial charge < -0.3 is 9.47 Å². The zero-order chi connectivity index (χ0) is 16.4. The molecule has 2 aromatic rings. The molecule has 23 heavy (non-hydrogen) atoms. The van der Waals surface area contributed by atoms with Crippen molar-refractivity contribution < 1.29 is 4.79 Å². The highest BCUT2D eigenvalue weighted by atomic mass is 16.2. The molecule has 3 rings (SSSR count). The molecule has 0 bridgehead atoms. The van der Waals surface area contributed by atoms with E-state index in [1.165, 1.54) is 0 Å². The molecule has 1 aliphatic heterocycles. The maximum atomic E-state index is 11.4. The van der Waals surface area contributed by atoms with Crippen LogP contribution in [0.25, 0.3) is 11.5 Å². The number of piperidine rings is 1. The van der Waals surface area contributed by atoms with Gasteiger partial charge in [-0.3, -0.25) is 4.79 Å². The Labute approximate surface area is 136 Å². The van der Waals surface area contributed by atoms with Crippen molar-refractivity contribution in [2.45, 2.75) is 33.1 Å². The van der Waals surface area contributed by atoms with E-state index in [1.807, 2.05) is 35.7 Å². The normalized spacial score (nSPS) is 15.9. The molecule has 3 heterocycles. The van der Waals surface area contributed by atoms with Crippen LogP contribution in [0, 0.1) is 12.8 Å². The summed E-state index contributed by atoms with van der Waals surface area (Å²) in [6.45, 7) is 5.33. The lowest BCUT2D eigenvalue weighted by Gasteiger charge is -2.31. The molecule has 0 aromatic carbocycles. The zero-order valence-corrected chi connectivity index (χ0v) is 14.0. The van der Waals surface area contributed by atoms with Gasteiger partial charge in [0.15, 0.2) is 5.82 Å². The lowest BCUT2D eigenvalue weighted by atomic mass is 9.93. The van der Waals surface area contributed by atoms with E-state index in [0.717, 1.165) is 55.4 Å². The summed E-state index contributed by atoms with van der Waals surface area (Å²) in [5.74, 6) is 2.46. The van der Waals surface area contributed by atoms with Crippen LogP contribution in [-0.2, 0) is 18.3 Å². The molecule has 0 atom stereocenters. The molecule has 0 N–H and O–H groups in total. The van der Waals surface area contributed by atoms with Crippen LogP contribution >= 0.6 is 0 Å². The summed E-state index contributed by atoms with van der Waals surface area (Å²) in [6, 6.07) is 1.98. The Morgan fingerprint density at radius 2 is 2.04 bits per heavy atom. The Bertz CT molecular complexity index is 701.